The summed E-state index contributed by atoms with van der Waals surface area (Å²) in [7, 11) is 0. The number of carbonyl (C=O) groups excluding carboxylic acids is 1. The zero-order valence-corrected chi connectivity index (χ0v) is 14.2. The van der Waals surface area contributed by atoms with E-state index >= 15 is 0 Å². The Kier molecular flexibility index (Phi) is 5.24. The highest BCUT2D eigenvalue weighted by Crippen LogP contribution is 2.33. The number of hydrogen-bond donors (Lipinski definition) is 0. The number of rotatable bonds is 4. The van der Waals surface area contributed by atoms with Gasteiger partial charge in [-0.25, -0.2) is 9.78 Å². The number of nitrogens with zero attached hydrogens (tertiary/aromatic N) is 4. The van der Waals surface area contributed by atoms with Crippen molar-refractivity contribution in [3.63, 3.8) is 0 Å². The lowest BCUT2D eigenvalue weighted by Crippen LogP contribution is -2.49. The van der Waals surface area contributed by atoms with Gasteiger partial charge in [0.2, 0.25) is 0 Å². The molecule has 3 heterocycles. The highest BCUT2D eigenvalue weighted by molar-refractivity contribution is 6.33. The van der Waals surface area contributed by atoms with E-state index in [0.717, 1.165) is 31.9 Å². The van der Waals surface area contributed by atoms with Crippen LogP contribution in [-0.2, 0) is 10.9 Å². The second kappa shape index (κ2) is 7.25. The van der Waals surface area contributed by atoms with Crippen molar-refractivity contribution in [2.45, 2.75) is 6.18 Å². The highest BCUT2D eigenvalue weighted by atomic mass is 35.5. The quantitative estimate of drug-likeness (QED) is 0.805. The fourth-order valence-corrected chi connectivity index (χ4v) is 3.18. The number of halogens is 4. The highest BCUT2D eigenvalue weighted by Gasteiger charge is 2.32. The van der Waals surface area contributed by atoms with Crippen LogP contribution in [0.4, 0.5) is 23.8 Å². The third kappa shape index (κ3) is 4.27. The summed E-state index contributed by atoms with van der Waals surface area (Å²) < 4.78 is 42.9. The molecular weight excluding hydrogens is 361 g/mol. The first-order chi connectivity index (χ1) is 11.8. The Labute approximate surface area is 148 Å². The van der Waals surface area contributed by atoms with Crippen LogP contribution in [-0.4, -0.2) is 73.3 Å². The van der Waals surface area contributed by atoms with Crippen molar-refractivity contribution in [2.75, 3.05) is 57.3 Å². The zero-order chi connectivity index (χ0) is 18.0. The summed E-state index contributed by atoms with van der Waals surface area (Å²) in [6.07, 6.45) is -3.92. The second-order valence-electron chi connectivity index (χ2n) is 5.96. The van der Waals surface area contributed by atoms with E-state index in [4.69, 9.17) is 16.3 Å². The van der Waals surface area contributed by atoms with Crippen molar-refractivity contribution in [1.29, 1.82) is 0 Å². The molecule has 25 heavy (non-hydrogen) atoms. The fraction of sp³-hybridized carbons (Fsp3) is 0.600. The van der Waals surface area contributed by atoms with Gasteiger partial charge in [-0.05, 0) is 6.07 Å². The molecule has 0 N–H and O–H groups in total. The van der Waals surface area contributed by atoms with Crippen LogP contribution in [0.1, 0.15) is 5.56 Å². The molecule has 138 valence electrons. The molecule has 0 bridgehead atoms. The summed E-state index contributed by atoms with van der Waals surface area (Å²) in [4.78, 5) is 21.0. The minimum Gasteiger partial charge on any atom is -0.448 e. The van der Waals surface area contributed by atoms with Gasteiger partial charge in [0.1, 0.15) is 12.4 Å². The van der Waals surface area contributed by atoms with Crippen molar-refractivity contribution in [3.8, 4) is 0 Å². The smallest absolute Gasteiger partial charge is 0.417 e. The standard InChI is InChI=1S/C15H18ClF3N4O2/c16-12-9-11(15(17,18)19)10-20-13(12)22-4-1-21(2-5-22)3-6-23-7-8-25-14(23)24/h9-10H,1-8H2. The predicted molar refractivity (Wildman–Crippen MR) is 85.8 cm³/mol. The number of anilines is 1. The second-order valence-corrected chi connectivity index (χ2v) is 6.36. The van der Waals surface area contributed by atoms with Crippen LogP contribution >= 0.6 is 11.6 Å². The molecule has 2 fully saturated rings. The predicted octanol–water partition coefficient (Wildman–Crippen LogP) is 2.33. The lowest BCUT2D eigenvalue weighted by Gasteiger charge is -2.36. The molecule has 0 atom stereocenters. The van der Waals surface area contributed by atoms with E-state index < -0.39 is 11.7 Å². The number of aromatic nitrogens is 1. The summed E-state index contributed by atoms with van der Waals surface area (Å²) in [5.74, 6) is 0.373. The third-order valence-electron chi connectivity index (χ3n) is 4.35. The molecule has 1 aromatic rings. The number of alkyl halides is 3. The van der Waals surface area contributed by atoms with Crippen LogP contribution < -0.4 is 4.90 Å². The summed E-state index contributed by atoms with van der Waals surface area (Å²) in [5.41, 5.74) is -0.850. The number of amides is 1. The molecule has 0 saturated carbocycles. The van der Waals surface area contributed by atoms with Crippen LogP contribution in [0.2, 0.25) is 5.02 Å². The minimum atomic E-state index is -4.45. The largest absolute Gasteiger partial charge is 0.448 e. The third-order valence-corrected chi connectivity index (χ3v) is 4.63. The Bertz CT molecular complexity index is 636. The van der Waals surface area contributed by atoms with Crippen molar-refractivity contribution < 1.29 is 22.7 Å². The molecule has 0 radical (unpaired) electrons. The maximum absolute atomic E-state index is 12.7. The summed E-state index contributed by atoms with van der Waals surface area (Å²) in [5, 5.41) is 0.00286. The van der Waals surface area contributed by atoms with Gasteiger partial charge in [-0.15, -0.1) is 0 Å². The molecule has 6 nitrogen and oxygen atoms in total. The van der Waals surface area contributed by atoms with Gasteiger partial charge in [0.15, 0.2) is 0 Å². The molecular formula is C15H18ClF3N4O2. The molecule has 0 aromatic carbocycles. The molecule has 2 aliphatic heterocycles. The Hall–Kier alpha value is -1.74. The van der Waals surface area contributed by atoms with E-state index in [0.29, 0.717) is 38.6 Å². The van der Waals surface area contributed by atoms with Gasteiger partial charge in [-0.3, -0.25) is 4.90 Å². The van der Waals surface area contributed by atoms with Gasteiger partial charge < -0.3 is 14.5 Å². The minimum absolute atomic E-state index is 0.00286. The van der Waals surface area contributed by atoms with Crippen LogP contribution in [0.5, 0.6) is 0 Å². The summed E-state index contributed by atoms with van der Waals surface area (Å²) in [6.45, 7) is 5.07. The Morgan fingerprint density at radius 1 is 1.16 bits per heavy atom. The fourth-order valence-electron chi connectivity index (χ4n) is 2.89. The topological polar surface area (TPSA) is 48.9 Å². The van der Waals surface area contributed by atoms with E-state index in [1.54, 1.807) is 4.90 Å². The molecule has 2 aliphatic rings. The van der Waals surface area contributed by atoms with E-state index in [2.05, 4.69) is 9.88 Å². The molecule has 0 aliphatic carbocycles. The first kappa shape index (κ1) is 18.1. The molecule has 2 saturated heterocycles. The molecule has 0 unspecified atom stereocenters. The molecule has 10 heteroatoms. The SMILES string of the molecule is O=C1OCCN1CCN1CCN(c2ncc(C(F)(F)F)cc2Cl)CC1. The Balaban J connectivity index is 1.53. The normalized spacial score (nSPS) is 19.4. The van der Waals surface area contributed by atoms with E-state index in [9.17, 15) is 18.0 Å². The van der Waals surface area contributed by atoms with Gasteiger partial charge in [0, 0.05) is 45.5 Å². The van der Waals surface area contributed by atoms with Crippen LogP contribution in [0, 0.1) is 0 Å². The van der Waals surface area contributed by atoms with Gasteiger partial charge in [-0.1, -0.05) is 11.6 Å². The van der Waals surface area contributed by atoms with Gasteiger partial charge in [0.25, 0.3) is 0 Å². The number of pyridine rings is 1. The molecule has 3 rings (SSSR count). The number of ether oxygens (including phenoxy) is 1. The zero-order valence-electron chi connectivity index (χ0n) is 13.4. The number of cyclic esters (lactones) is 1. The van der Waals surface area contributed by atoms with E-state index in [-0.39, 0.29) is 11.1 Å². The van der Waals surface area contributed by atoms with E-state index in [1.807, 2.05) is 4.90 Å². The van der Waals surface area contributed by atoms with Crippen LogP contribution in [0.25, 0.3) is 0 Å². The monoisotopic (exact) mass is 378 g/mol. The first-order valence-electron chi connectivity index (χ1n) is 7.96. The van der Waals surface area contributed by atoms with Crippen molar-refractivity contribution in [1.82, 2.24) is 14.8 Å². The summed E-state index contributed by atoms with van der Waals surface area (Å²) >= 11 is 5.99. The van der Waals surface area contributed by atoms with E-state index in [1.165, 1.54) is 0 Å². The molecule has 1 aromatic heterocycles. The Morgan fingerprint density at radius 3 is 2.44 bits per heavy atom. The first-order valence-corrected chi connectivity index (χ1v) is 8.34. The van der Waals surface area contributed by atoms with Crippen molar-refractivity contribution >= 4 is 23.5 Å². The number of hydrogen-bond acceptors (Lipinski definition) is 5. The van der Waals surface area contributed by atoms with Crippen LogP contribution in [0.3, 0.4) is 0 Å². The lowest BCUT2D eigenvalue weighted by molar-refractivity contribution is -0.137. The average molecular weight is 379 g/mol. The maximum Gasteiger partial charge on any atom is 0.417 e. The van der Waals surface area contributed by atoms with Crippen molar-refractivity contribution in [2.24, 2.45) is 0 Å². The molecule has 1 amide bonds. The van der Waals surface area contributed by atoms with Gasteiger partial charge >= 0.3 is 12.3 Å². The average Bonchev–Trinajstić information content (AvgIpc) is 2.98. The Morgan fingerprint density at radius 2 is 1.88 bits per heavy atom. The maximum atomic E-state index is 12.7. The summed E-state index contributed by atoms with van der Waals surface area (Å²) in [6, 6.07) is 0.912. The number of piperazine rings is 1. The van der Waals surface area contributed by atoms with Gasteiger partial charge in [-0.2, -0.15) is 13.2 Å². The van der Waals surface area contributed by atoms with Gasteiger partial charge in [0.05, 0.1) is 17.1 Å². The van der Waals surface area contributed by atoms with Crippen LogP contribution in [0.15, 0.2) is 12.3 Å². The number of carbonyl (C=O) groups is 1. The van der Waals surface area contributed by atoms with Crippen molar-refractivity contribution in [3.05, 3.63) is 22.8 Å². The lowest BCUT2D eigenvalue weighted by atomic mass is 10.2. The molecule has 0 spiro atoms.